The molecule has 0 aliphatic carbocycles. The van der Waals surface area contributed by atoms with Gasteiger partial charge in [0.05, 0.1) is 0 Å². The van der Waals surface area contributed by atoms with E-state index >= 15 is 0 Å². The van der Waals surface area contributed by atoms with Crippen molar-refractivity contribution in [1.82, 2.24) is 10.6 Å². The molecule has 0 spiro atoms. The summed E-state index contributed by atoms with van der Waals surface area (Å²) in [4.78, 5) is 0. The lowest BCUT2D eigenvalue weighted by atomic mass is 9.96. The van der Waals surface area contributed by atoms with Crippen molar-refractivity contribution < 1.29 is 0 Å². The highest BCUT2D eigenvalue weighted by molar-refractivity contribution is 5.22. The van der Waals surface area contributed by atoms with Crippen molar-refractivity contribution in [1.29, 1.82) is 0 Å². The minimum absolute atomic E-state index is 1.13. The summed E-state index contributed by atoms with van der Waals surface area (Å²) >= 11 is 0. The van der Waals surface area contributed by atoms with Crippen molar-refractivity contribution in [2.24, 2.45) is 0 Å². The van der Waals surface area contributed by atoms with Crippen LogP contribution in [0.3, 0.4) is 0 Å². The van der Waals surface area contributed by atoms with Crippen LogP contribution in [0.15, 0.2) is 11.1 Å². The van der Waals surface area contributed by atoms with Crippen LogP contribution in [0, 0.1) is 0 Å². The number of nitrogens with one attached hydrogen (secondary N) is 2. The number of hydrogen-bond donors (Lipinski definition) is 2. The van der Waals surface area contributed by atoms with Crippen LogP contribution >= 0.6 is 0 Å². The van der Waals surface area contributed by atoms with Gasteiger partial charge in [0.1, 0.15) is 0 Å². The number of rotatable bonds is 0. The Bertz CT molecular complexity index is 127. The molecule has 0 bridgehead atoms. The maximum absolute atomic E-state index is 3.39. The Balaban J connectivity index is 2.14. The zero-order chi connectivity index (χ0) is 6.81. The molecule has 2 heterocycles. The normalized spacial score (nSPS) is 26.4. The van der Waals surface area contributed by atoms with Crippen LogP contribution in [-0.2, 0) is 0 Å². The Kier molecular flexibility index (Phi) is 1.74. The van der Waals surface area contributed by atoms with Crippen LogP contribution in [0.1, 0.15) is 12.8 Å². The maximum atomic E-state index is 3.39. The summed E-state index contributed by atoms with van der Waals surface area (Å²) in [5.74, 6) is 0. The van der Waals surface area contributed by atoms with Gasteiger partial charge in [0.15, 0.2) is 0 Å². The molecule has 2 aliphatic heterocycles. The van der Waals surface area contributed by atoms with E-state index in [2.05, 4.69) is 10.6 Å². The van der Waals surface area contributed by atoms with Crippen LogP contribution in [-0.4, -0.2) is 26.2 Å². The lowest BCUT2D eigenvalue weighted by Crippen LogP contribution is -2.35. The zero-order valence-electron chi connectivity index (χ0n) is 6.24. The van der Waals surface area contributed by atoms with Gasteiger partial charge in [-0.05, 0) is 31.5 Å². The van der Waals surface area contributed by atoms with Crippen molar-refractivity contribution in [3.05, 3.63) is 11.1 Å². The monoisotopic (exact) mass is 138 g/mol. The molecule has 2 rings (SSSR count). The average Bonchev–Trinajstić information content (AvgIpc) is 2.05. The van der Waals surface area contributed by atoms with Gasteiger partial charge in [-0.3, -0.25) is 0 Å². The largest absolute Gasteiger partial charge is 0.313 e. The third kappa shape index (κ3) is 1.09. The fourth-order valence-electron chi connectivity index (χ4n) is 1.75. The Labute approximate surface area is 61.7 Å². The fraction of sp³-hybridized carbons (Fsp3) is 0.750. The molecule has 2 heteroatoms. The molecular weight excluding hydrogens is 124 g/mol. The highest BCUT2D eigenvalue weighted by Gasteiger charge is 2.14. The predicted molar refractivity (Wildman–Crippen MR) is 42.0 cm³/mol. The van der Waals surface area contributed by atoms with Gasteiger partial charge < -0.3 is 10.6 Å². The second-order valence-electron chi connectivity index (χ2n) is 3.06. The average molecular weight is 138 g/mol. The Morgan fingerprint density at radius 1 is 0.800 bits per heavy atom. The fourth-order valence-corrected chi connectivity index (χ4v) is 1.75. The smallest absolute Gasteiger partial charge is 0.0180 e. The van der Waals surface area contributed by atoms with Crippen LogP contribution in [0.5, 0.6) is 0 Å². The summed E-state index contributed by atoms with van der Waals surface area (Å²) in [5.41, 5.74) is 3.34. The van der Waals surface area contributed by atoms with Gasteiger partial charge in [-0.15, -0.1) is 0 Å². The van der Waals surface area contributed by atoms with Gasteiger partial charge in [0.25, 0.3) is 0 Å². The van der Waals surface area contributed by atoms with E-state index in [0.29, 0.717) is 0 Å². The number of hydrogen-bond acceptors (Lipinski definition) is 2. The second kappa shape index (κ2) is 2.72. The molecule has 2 N–H and O–H groups in total. The summed E-state index contributed by atoms with van der Waals surface area (Å²) < 4.78 is 0. The molecule has 0 saturated heterocycles. The minimum atomic E-state index is 1.13. The minimum Gasteiger partial charge on any atom is -0.313 e. The molecule has 0 amide bonds. The molecule has 0 saturated carbocycles. The summed E-state index contributed by atoms with van der Waals surface area (Å²) in [6.45, 7) is 4.64. The van der Waals surface area contributed by atoms with E-state index in [1.165, 1.54) is 25.9 Å². The maximum Gasteiger partial charge on any atom is 0.0180 e. The van der Waals surface area contributed by atoms with E-state index < -0.39 is 0 Å². The van der Waals surface area contributed by atoms with Crippen LogP contribution in [0.4, 0.5) is 0 Å². The van der Waals surface area contributed by atoms with Gasteiger partial charge in [0, 0.05) is 13.1 Å². The molecule has 2 aliphatic rings. The molecular formula is C8H14N2. The molecule has 0 aromatic heterocycles. The summed E-state index contributed by atoms with van der Waals surface area (Å²) in [7, 11) is 0. The van der Waals surface area contributed by atoms with E-state index in [4.69, 9.17) is 0 Å². The summed E-state index contributed by atoms with van der Waals surface area (Å²) in [6, 6.07) is 0. The molecule has 0 aromatic rings. The lowest BCUT2D eigenvalue weighted by Gasteiger charge is -2.25. The van der Waals surface area contributed by atoms with Crippen LogP contribution < -0.4 is 10.6 Å². The SMILES string of the molecule is C1CC2=C(CN1)CNCC2. The highest BCUT2D eigenvalue weighted by atomic mass is 14.9. The Hall–Kier alpha value is -0.340. The Morgan fingerprint density at radius 3 is 1.90 bits per heavy atom. The van der Waals surface area contributed by atoms with E-state index in [9.17, 15) is 0 Å². The quantitative estimate of drug-likeness (QED) is 0.469. The first-order valence-corrected chi connectivity index (χ1v) is 4.08. The lowest BCUT2D eigenvalue weighted by molar-refractivity contribution is 0.573. The molecule has 0 aromatic carbocycles. The topological polar surface area (TPSA) is 24.1 Å². The second-order valence-corrected chi connectivity index (χ2v) is 3.06. The van der Waals surface area contributed by atoms with Gasteiger partial charge in [-0.1, -0.05) is 5.57 Å². The third-order valence-corrected chi connectivity index (χ3v) is 2.38. The van der Waals surface area contributed by atoms with Crippen molar-refractivity contribution in [3.8, 4) is 0 Å². The van der Waals surface area contributed by atoms with Gasteiger partial charge in [0.2, 0.25) is 0 Å². The predicted octanol–water partition coefficient (Wildman–Crippen LogP) is 0.270. The van der Waals surface area contributed by atoms with Crippen molar-refractivity contribution >= 4 is 0 Å². The third-order valence-electron chi connectivity index (χ3n) is 2.38. The first-order valence-electron chi connectivity index (χ1n) is 4.08. The van der Waals surface area contributed by atoms with Gasteiger partial charge in [-0.2, -0.15) is 0 Å². The first kappa shape index (κ1) is 6.38. The van der Waals surface area contributed by atoms with Gasteiger partial charge >= 0.3 is 0 Å². The van der Waals surface area contributed by atoms with Crippen LogP contribution in [0.25, 0.3) is 0 Å². The van der Waals surface area contributed by atoms with Crippen molar-refractivity contribution in [3.63, 3.8) is 0 Å². The molecule has 0 radical (unpaired) electrons. The molecule has 56 valence electrons. The molecule has 0 fully saturated rings. The summed E-state index contributed by atoms with van der Waals surface area (Å²) in [6.07, 6.45) is 2.58. The molecule has 0 atom stereocenters. The van der Waals surface area contributed by atoms with Crippen molar-refractivity contribution in [2.45, 2.75) is 12.8 Å². The van der Waals surface area contributed by atoms with E-state index in [1.54, 1.807) is 11.1 Å². The zero-order valence-corrected chi connectivity index (χ0v) is 6.24. The summed E-state index contributed by atoms with van der Waals surface area (Å²) in [5, 5.41) is 6.77. The van der Waals surface area contributed by atoms with E-state index in [0.717, 1.165) is 13.1 Å². The molecule has 0 unspecified atom stereocenters. The van der Waals surface area contributed by atoms with Crippen LogP contribution in [0.2, 0.25) is 0 Å². The standard InChI is InChI=1S/C8H14N2/c1-3-9-5-8-6-10-4-2-7(1)8/h9-10H,1-6H2. The molecule has 10 heavy (non-hydrogen) atoms. The van der Waals surface area contributed by atoms with Crippen molar-refractivity contribution in [2.75, 3.05) is 26.2 Å². The van der Waals surface area contributed by atoms with E-state index in [-0.39, 0.29) is 0 Å². The van der Waals surface area contributed by atoms with Gasteiger partial charge in [-0.25, -0.2) is 0 Å². The molecule has 2 nitrogen and oxygen atoms in total. The Morgan fingerprint density at radius 2 is 1.40 bits per heavy atom. The first-order chi connectivity index (χ1) is 4.97. The van der Waals surface area contributed by atoms with E-state index in [1.807, 2.05) is 0 Å². The highest BCUT2D eigenvalue weighted by Crippen LogP contribution is 2.17.